The lowest BCUT2D eigenvalue weighted by Crippen LogP contribution is -2.35. The largest absolute Gasteiger partial charge is 0.506 e. The number of nitrogens with one attached hydrogen (secondary N) is 1. The Labute approximate surface area is 207 Å². The zero-order valence-electron chi connectivity index (χ0n) is 16.9. The van der Waals surface area contributed by atoms with Gasteiger partial charge in [-0.05, 0) is 40.2 Å². The molecule has 0 bridgehead atoms. The van der Waals surface area contributed by atoms with E-state index in [1.807, 2.05) is 0 Å². The lowest BCUT2D eigenvalue weighted by Gasteiger charge is -2.27. The second-order valence-corrected chi connectivity index (χ2v) is 8.50. The Balaban J connectivity index is 2.26. The van der Waals surface area contributed by atoms with Gasteiger partial charge in [0.1, 0.15) is 11.9 Å². The van der Waals surface area contributed by atoms with Gasteiger partial charge in [-0.1, -0.05) is 34.1 Å². The highest BCUT2D eigenvalue weighted by Gasteiger charge is 2.31. The Morgan fingerprint density at radius 3 is 2.47 bits per heavy atom. The molecule has 2 atom stereocenters. The first-order valence-electron chi connectivity index (χ1n) is 9.31. The summed E-state index contributed by atoms with van der Waals surface area (Å²) >= 11 is 10.4. The fourth-order valence-electron chi connectivity index (χ4n) is 2.77. The number of hydrogen-bond acceptors (Lipinski definition) is 8. The van der Waals surface area contributed by atoms with Crippen LogP contribution in [0.4, 0.5) is 4.79 Å². The number of methoxy groups -OCH3 is 1. The van der Waals surface area contributed by atoms with Crippen molar-refractivity contribution in [3.8, 4) is 5.75 Å². The number of benzene rings is 2. The zero-order chi connectivity index (χ0) is 23.7. The second kappa shape index (κ2) is 12.8. The number of ether oxygens (including phenoxy) is 3. The van der Waals surface area contributed by atoms with Crippen molar-refractivity contribution in [1.82, 2.24) is 5.32 Å². The molecule has 8 nitrogen and oxygen atoms in total. The van der Waals surface area contributed by atoms with Crippen LogP contribution in [0.1, 0.15) is 28.4 Å². The maximum Gasteiger partial charge on any atom is 0.414 e. The monoisotopic (exact) mass is 589 g/mol. The number of aromatic hydroxyl groups is 1. The first-order chi connectivity index (χ1) is 15.3. The van der Waals surface area contributed by atoms with Gasteiger partial charge in [-0.15, -0.1) is 0 Å². The van der Waals surface area contributed by atoms with Gasteiger partial charge in [0.25, 0.3) is 5.91 Å². The van der Waals surface area contributed by atoms with Crippen LogP contribution in [0.2, 0.25) is 0 Å². The molecule has 32 heavy (non-hydrogen) atoms. The number of carbonyl (C=O) groups is 3. The number of carbonyl (C=O) groups excluding carboxylic acids is 3. The maximum absolute atomic E-state index is 12.5. The summed E-state index contributed by atoms with van der Waals surface area (Å²) in [4.78, 5) is 36.2. The molecule has 0 aliphatic rings. The number of rotatable bonds is 9. The summed E-state index contributed by atoms with van der Waals surface area (Å²) in [5.74, 6) is -1.42. The summed E-state index contributed by atoms with van der Waals surface area (Å²) in [5.41, 5.74) is 0.497. The van der Waals surface area contributed by atoms with E-state index in [9.17, 15) is 19.5 Å². The zero-order valence-corrected chi connectivity index (χ0v) is 21.0. The van der Waals surface area contributed by atoms with Crippen LogP contribution >= 0.6 is 44.5 Å². The van der Waals surface area contributed by atoms with Gasteiger partial charge in [0.2, 0.25) is 0 Å². The van der Waals surface area contributed by atoms with E-state index in [4.69, 9.17) is 14.2 Å². The smallest absolute Gasteiger partial charge is 0.414 e. The van der Waals surface area contributed by atoms with E-state index >= 15 is 0 Å². The van der Waals surface area contributed by atoms with Crippen molar-refractivity contribution in [1.29, 1.82) is 0 Å². The van der Waals surface area contributed by atoms with E-state index in [0.717, 1.165) is 0 Å². The van der Waals surface area contributed by atoms with Gasteiger partial charge in [-0.25, -0.2) is 4.79 Å². The molecule has 2 aromatic carbocycles. The van der Waals surface area contributed by atoms with Crippen molar-refractivity contribution in [2.45, 2.75) is 18.6 Å². The summed E-state index contributed by atoms with van der Waals surface area (Å²) in [6.07, 6.45) is -2.84. The van der Waals surface area contributed by atoms with Gasteiger partial charge in [0, 0.05) is 29.1 Å². The molecule has 2 rings (SSSR count). The molecule has 172 valence electrons. The number of amides is 2. The van der Waals surface area contributed by atoms with Gasteiger partial charge in [0.15, 0.2) is 6.10 Å². The molecule has 0 fully saturated rings. The number of phenolic OH excluding ortho intramolecular Hbond substituents is 1. The van der Waals surface area contributed by atoms with Crippen LogP contribution in [0, 0.1) is 0 Å². The van der Waals surface area contributed by atoms with Crippen LogP contribution in [0.5, 0.6) is 5.75 Å². The van der Waals surface area contributed by atoms with E-state index in [1.165, 1.54) is 7.11 Å². The van der Waals surface area contributed by atoms with Crippen molar-refractivity contribution >= 4 is 62.5 Å². The highest BCUT2D eigenvalue weighted by molar-refractivity contribution is 9.11. The number of imide groups is 1. The number of thiol groups is 1. The van der Waals surface area contributed by atoms with E-state index < -0.39 is 30.2 Å². The van der Waals surface area contributed by atoms with Crippen LogP contribution in [-0.2, 0) is 19.0 Å². The minimum atomic E-state index is -1.13. The van der Waals surface area contributed by atoms with Crippen LogP contribution in [0.25, 0.3) is 0 Å². The van der Waals surface area contributed by atoms with Crippen LogP contribution in [-0.4, -0.2) is 48.6 Å². The highest BCUT2D eigenvalue weighted by atomic mass is 79.9. The van der Waals surface area contributed by atoms with Gasteiger partial charge in [-0.2, -0.15) is 12.6 Å². The fourth-order valence-corrected chi connectivity index (χ4v) is 4.12. The lowest BCUT2D eigenvalue weighted by atomic mass is 10.0. The minimum absolute atomic E-state index is 0.0295. The molecule has 0 heterocycles. The molecule has 0 unspecified atom stereocenters. The summed E-state index contributed by atoms with van der Waals surface area (Å²) in [5, 5.41) is 12.7. The molecule has 2 aromatic rings. The number of alkyl carbamates (subject to hydrolysis) is 1. The van der Waals surface area contributed by atoms with E-state index in [1.54, 1.807) is 42.5 Å². The third-order valence-electron chi connectivity index (χ3n) is 4.28. The molecule has 0 radical (unpaired) electrons. The summed E-state index contributed by atoms with van der Waals surface area (Å²) in [6.45, 7) is -0.0295. The molecule has 0 aromatic heterocycles. The molecule has 0 saturated heterocycles. The molecular formula is C21H21Br2NO7S. The molecule has 2 amide bonds. The van der Waals surface area contributed by atoms with E-state index in [-0.39, 0.29) is 35.7 Å². The summed E-state index contributed by atoms with van der Waals surface area (Å²) in [7, 11) is 1.39. The van der Waals surface area contributed by atoms with Crippen molar-refractivity contribution in [3.63, 3.8) is 0 Å². The molecule has 0 saturated carbocycles. The standard InChI is InChI=1S/C21H21Br2NO7S/c1-29-16(7-8-30-17(25)11-32)19(14-9-13(22)10-15(23)18(14)26)31-21(28)24-20(27)12-5-3-2-4-6-12/h2-6,9-10,16,19,26,32H,7-8,11H2,1H3,(H,24,27,28)/t16-,19-/m1/s1. The minimum Gasteiger partial charge on any atom is -0.506 e. The Morgan fingerprint density at radius 2 is 1.84 bits per heavy atom. The van der Waals surface area contributed by atoms with Crippen molar-refractivity contribution in [3.05, 3.63) is 62.5 Å². The highest BCUT2D eigenvalue weighted by Crippen LogP contribution is 2.39. The molecular weight excluding hydrogens is 570 g/mol. The van der Waals surface area contributed by atoms with Gasteiger partial charge in [-0.3, -0.25) is 14.9 Å². The van der Waals surface area contributed by atoms with Crippen LogP contribution in [0.15, 0.2) is 51.4 Å². The molecule has 11 heteroatoms. The maximum atomic E-state index is 12.5. The number of esters is 1. The Morgan fingerprint density at radius 1 is 1.16 bits per heavy atom. The number of hydrogen-bond donors (Lipinski definition) is 3. The predicted octanol–water partition coefficient (Wildman–Crippen LogP) is 4.40. The van der Waals surface area contributed by atoms with Crippen molar-refractivity contribution in [2.75, 3.05) is 19.5 Å². The third-order valence-corrected chi connectivity index (χ3v) is 5.61. The molecule has 0 spiro atoms. The van der Waals surface area contributed by atoms with Gasteiger partial charge < -0.3 is 19.3 Å². The third kappa shape index (κ3) is 7.51. The molecule has 0 aliphatic heterocycles. The lowest BCUT2D eigenvalue weighted by molar-refractivity contribution is -0.141. The SMILES string of the molecule is CO[C@H](CCOC(=O)CS)[C@H](OC(=O)NC(=O)c1ccccc1)c1cc(Br)cc(Br)c1O. The van der Waals surface area contributed by atoms with Crippen molar-refractivity contribution < 1.29 is 33.7 Å². The summed E-state index contributed by atoms with van der Waals surface area (Å²) in [6, 6.07) is 11.3. The van der Waals surface area contributed by atoms with Gasteiger partial charge in [0.05, 0.1) is 16.8 Å². The first kappa shape index (κ1) is 26.2. The van der Waals surface area contributed by atoms with Gasteiger partial charge >= 0.3 is 12.1 Å². The average Bonchev–Trinajstić information content (AvgIpc) is 2.78. The summed E-state index contributed by atoms with van der Waals surface area (Å²) < 4.78 is 17.0. The van der Waals surface area contributed by atoms with Crippen molar-refractivity contribution in [2.24, 2.45) is 0 Å². The molecule has 2 N–H and O–H groups in total. The Kier molecular flexibility index (Phi) is 10.5. The first-order valence-corrected chi connectivity index (χ1v) is 11.5. The normalized spacial score (nSPS) is 12.5. The second-order valence-electron chi connectivity index (χ2n) is 6.41. The van der Waals surface area contributed by atoms with E-state index in [0.29, 0.717) is 8.95 Å². The quantitative estimate of drug-likeness (QED) is 0.293. The van der Waals surface area contributed by atoms with Crippen LogP contribution < -0.4 is 5.32 Å². The predicted molar refractivity (Wildman–Crippen MR) is 127 cm³/mol. The topological polar surface area (TPSA) is 111 Å². The molecule has 0 aliphatic carbocycles. The van der Waals surface area contributed by atoms with E-state index in [2.05, 4.69) is 49.8 Å². The fraction of sp³-hybridized carbons (Fsp3) is 0.286. The number of phenols is 1. The Hall–Kier alpha value is -2.08. The Bertz CT molecular complexity index is 959. The number of halogens is 2. The average molecular weight is 591 g/mol. The van der Waals surface area contributed by atoms with Crippen LogP contribution in [0.3, 0.4) is 0 Å².